The first-order chi connectivity index (χ1) is 7.70. The topological polar surface area (TPSA) is 29.3 Å². The Morgan fingerprint density at radius 1 is 1.59 bits per heavy atom. The van der Waals surface area contributed by atoms with Crippen LogP contribution in [0, 0.1) is 5.92 Å². The molecule has 0 radical (unpaired) electrons. The number of nitrogens with zero attached hydrogens (tertiary/aromatic N) is 1. The normalized spacial score (nSPS) is 25.6. The lowest BCUT2D eigenvalue weighted by atomic mass is 9.92. The Kier molecular flexibility index (Phi) is 6.24. The molecule has 2 N–H and O–H groups in total. The average molecular weight is 295 g/mol. The number of likely N-dealkylation sites (tertiary alicyclic amines) is 1. The number of rotatable bonds is 3. The molecule has 17 heavy (non-hydrogen) atoms. The Labute approximate surface area is 119 Å². The summed E-state index contributed by atoms with van der Waals surface area (Å²) in [7, 11) is 0. The van der Waals surface area contributed by atoms with Crippen molar-refractivity contribution in [2.75, 3.05) is 13.1 Å². The summed E-state index contributed by atoms with van der Waals surface area (Å²) in [5, 5.41) is 2.96. The highest BCUT2D eigenvalue weighted by atomic mass is 35.5. The molecule has 1 aliphatic heterocycles. The molecule has 2 atom stereocenters. The summed E-state index contributed by atoms with van der Waals surface area (Å²) in [6.45, 7) is 5.19. The first kappa shape index (κ1) is 15.3. The number of halogens is 2. The van der Waals surface area contributed by atoms with E-state index in [0.717, 1.165) is 30.6 Å². The van der Waals surface area contributed by atoms with Crippen molar-refractivity contribution in [3.63, 3.8) is 0 Å². The van der Waals surface area contributed by atoms with E-state index in [-0.39, 0.29) is 12.4 Å². The Hall–Kier alpha value is 0.200. The van der Waals surface area contributed by atoms with Crippen molar-refractivity contribution < 1.29 is 0 Å². The maximum Gasteiger partial charge on any atom is 0.0558 e. The lowest BCUT2D eigenvalue weighted by Crippen LogP contribution is -2.45. The molecule has 5 heteroatoms. The molecule has 1 aromatic rings. The smallest absolute Gasteiger partial charge is 0.0558 e. The summed E-state index contributed by atoms with van der Waals surface area (Å²) in [5.41, 5.74) is 5.85. The fraction of sp³-hybridized carbons (Fsp3) is 0.667. The Balaban J connectivity index is 0.00000144. The molecule has 0 saturated carbocycles. The third-order valence-electron chi connectivity index (χ3n) is 3.41. The summed E-state index contributed by atoms with van der Waals surface area (Å²) >= 11 is 7.87. The van der Waals surface area contributed by atoms with E-state index in [0.29, 0.717) is 6.04 Å². The minimum atomic E-state index is 0. The highest BCUT2D eigenvalue weighted by molar-refractivity contribution is 7.10. The zero-order valence-corrected chi connectivity index (χ0v) is 12.5. The summed E-state index contributed by atoms with van der Waals surface area (Å²) in [5.74, 6) is 0.809. The molecule has 0 amide bonds. The van der Waals surface area contributed by atoms with Gasteiger partial charge in [-0.25, -0.2) is 0 Å². The van der Waals surface area contributed by atoms with Crippen LogP contribution in [0.3, 0.4) is 0 Å². The summed E-state index contributed by atoms with van der Waals surface area (Å²) in [6.07, 6.45) is 2.50. The molecule has 0 spiro atoms. The first-order valence-corrected chi connectivity index (χ1v) is 7.12. The van der Waals surface area contributed by atoms with E-state index in [9.17, 15) is 0 Å². The second-order valence-corrected chi connectivity index (χ2v) is 6.09. The van der Waals surface area contributed by atoms with E-state index in [1.807, 2.05) is 6.07 Å². The predicted molar refractivity (Wildman–Crippen MR) is 78.2 cm³/mol. The highest BCUT2D eigenvalue weighted by Gasteiger charge is 2.25. The number of hydrogen-bond donors (Lipinski definition) is 1. The van der Waals surface area contributed by atoms with E-state index in [4.69, 9.17) is 17.3 Å². The minimum absolute atomic E-state index is 0. The summed E-state index contributed by atoms with van der Waals surface area (Å²) < 4.78 is 0. The molecular weight excluding hydrogens is 275 g/mol. The van der Waals surface area contributed by atoms with Crippen LogP contribution in [0.1, 0.15) is 24.6 Å². The Morgan fingerprint density at radius 3 is 2.94 bits per heavy atom. The monoisotopic (exact) mass is 294 g/mol. The molecule has 0 aliphatic carbocycles. The number of hydrogen-bond acceptors (Lipinski definition) is 3. The standard InChI is InChI=1S/C12H19ClN2S.ClH/c1-9-2-4-15(10(6-9)7-14)8-12-11(13)3-5-16-12;/h3,5,9-10H,2,4,6-8,14H2,1H3;1H. The number of thiophene rings is 1. The molecule has 1 aliphatic rings. The molecule has 1 aromatic heterocycles. The third-order valence-corrected chi connectivity index (χ3v) is 4.78. The van der Waals surface area contributed by atoms with Gasteiger partial charge in [-0.1, -0.05) is 18.5 Å². The van der Waals surface area contributed by atoms with Crippen LogP contribution >= 0.6 is 35.3 Å². The summed E-state index contributed by atoms with van der Waals surface area (Å²) in [4.78, 5) is 3.76. The molecule has 2 nitrogen and oxygen atoms in total. The maximum atomic E-state index is 6.13. The van der Waals surface area contributed by atoms with Crippen molar-refractivity contribution in [3.8, 4) is 0 Å². The molecule has 1 saturated heterocycles. The van der Waals surface area contributed by atoms with Gasteiger partial charge in [-0.3, -0.25) is 4.90 Å². The molecule has 2 rings (SSSR count). The van der Waals surface area contributed by atoms with Gasteiger partial charge in [0.1, 0.15) is 0 Å². The van der Waals surface area contributed by atoms with Gasteiger partial charge in [-0.2, -0.15) is 0 Å². The Morgan fingerprint density at radius 2 is 2.35 bits per heavy atom. The van der Waals surface area contributed by atoms with Crippen molar-refractivity contribution in [2.24, 2.45) is 11.7 Å². The molecule has 0 aromatic carbocycles. The van der Waals surface area contributed by atoms with Crippen LogP contribution < -0.4 is 5.73 Å². The van der Waals surface area contributed by atoms with Gasteiger partial charge in [0.15, 0.2) is 0 Å². The van der Waals surface area contributed by atoms with Crippen molar-refractivity contribution >= 4 is 35.3 Å². The van der Waals surface area contributed by atoms with E-state index in [1.54, 1.807) is 11.3 Å². The second kappa shape index (κ2) is 6.95. The van der Waals surface area contributed by atoms with E-state index < -0.39 is 0 Å². The van der Waals surface area contributed by atoms with Gasteiger partial charge in [0.25, 0.3) is 0 Å². The van der Waals surface area contributed by atoms with Crippen molar-refractivity contribution in [3.05, 3.63) is 21.3 Å². The van der Waals surface area contributed by atoms with Crippen LogP contribution in [0.25, 0.3) is 0 Å². The second-order valence-electron chi connectivity index (χ2n) is 4.68. The number of nitrogens with two attached hydrogens (primary N) is 1. The lowest BCUT2D eigenvalue weighted by Gasteiger charge is -2.37. The SMILES string of the molecule is CC1CCN(Cc2sccc2Cl)C(CN)C1.Cl. The first-order valence-electron chi connectivity index (χ1n) is 5.86. The van der Waals surface area contributed by atoms with Gasteiger partial charge in [-0.15, -0.1) is 23.7 Å². The number of piperidine rings is 1. The van der Waals surface area contributed by atoms with Crippen molar-refractivity contribution in [1.82, 2.24) is 4.90 Å². The van der Waals surface area contributed by atoms with E-state index in [1.165, 1.54) is 17.7 Å². The Bertz CT molecular complexity index is 343. The van der Waals surface area contributed by atoms with Gasteiger partial charge in [-0.05, 0) is 36.8 Å². The molecule has 2 unspecified atom stereocenters. The van der Waals surface area contributed by atoms with Gasteiger partial charge in [0, 0.05) is 24.0 Å². The fourth-order valence-electron chi connectivity index (χ4n) is 2.38. The zero-order chi connectivity index (χ0) is 11.5. The van der Waals surface area contributed by atoms with E-state index in [2.05, 4.69) is 17.2 Å². The molecule has 1 fully saturated rings. The van der Waals surface area contributed by atoms with Crippen LogP contribution in [0.15, 0.2) is 11.4 Å². The quantitative estimate of drug-likeness (QED) is 0.926. The minimum Gasteiger partial charge on any atom is -0.329 e. The van der Waals surface area contributed by atoms with Crippen LogP contribution in [0.5, 0.6) is 0 Å². The molecule has 98 valence electrons. The van der Waals surface area contributed by atoms with Crippen LogP contribution in [0.2, 0.25) is 5.02 Å². The molecule has 2 heterocycles. The highest BCUT2D eigenvalue weighted by Crippen LogP contribution is 2.28. The van der Waals surface area contributed by atoms with Gasteiger partial charge in [0.05, 0.1) is 5.02 Å². The van der Waals surface area contributed by atoms with Gasteiger partial charge >= 0.3 is 0 Å². The van der Waals surface area contributed by atoms with Crippen LogP contribution in [-0.2, 0) is 6.54 Å². The van der Waals surface area contributed by atoms with Crippen molar-refractivity contribution in [2.45, 2.75) is 32.4 Å². The zero-order valence-electron chi connectivity index (χ0n) is 10.1. The fourth-order valence-corrected chi connectivity index (χ4v) is 3.50. The van der Waals surface area contributed by atoms with Crippen molar-refractivity contribution in [1.29, 1.82) is 0 Å². The van der Waals surface area contributed by atoms with E-state index >= 15 is 0 Å². The average Bonchev–Trinajstić information content (AvgIpc) is 2.67. The largest absolute Gasteiger partial charge is 0.329 e. The molecular formula is C12H20Cl2N2S. The predicted octanol–water partition coefficient (Wildman–Crippen LogP) is 3.38. The van der Waals surface area contributed by atoms with Gasteiger partial charge in [0.2, 0.25) is 0 Å². The van der Waals surface area contributed by atoms with Crippen LogP contribution in [0.4, 0.5) is 0 Å². The third kappa shape index (κ3) is 3.83. The maximum absolute atomic E-state index is 6.13. The lowest BCUT2D eigenvalue weighted by molar-refractivity contribution is 0.116. The van der Waals surface area contributed by atoms with Gasteiger partial charge < -0.3 is 5.73 Å². The molecule has 0 bridgehead atoms. The summed E-state index contributed by atoms with van der Waals surface area (Å²) in [6, 6.07) is 2.51. The van der Waals surface area contributed by atoms with Crippen LogP contribution in [-0.4, -0.2) is 24.0 Å².